The van der Waals surface area contributed by atoms with Gasteiger partial charge in [0.15, 0.2) is 17.9 Å². The Morgan fingerprint density at radius 2 is 1.80 bits per heavy atom. The van der Waals surface area contributed by atoms with E-state index in [0.29, 0.717) is 13.2 Å². The Balaban J connectivity index is 1.28. The monoisotopic (exact) mass is 565 g/mol. The number of ketones is 1. The average molecular weight is 566 g/mol. The van der Waals surface area contributed by atoms with Gasteiger partial charge in [-0.25, -0.2) is 0 Å². The van der Waals surface area contributed by atoms with Crippen LogP contribution in [0.15, 0.2) is 90.0 Å². The van der Waals surface area contributed by atoms with Crippen LogP contribution >= 0.6 is 11.8 Å². The van der Waals surface area contributed by atoms with Crippen LogP contribution in [0.2, 0.25) is 0 Å². The molecule has 41 heavy (non-hydrogen) atoms. The van der Waals surface area contributed by atoms with Crippen molar-refractivity contribution in [3.8, 4) is 5.75 Å². The molecule has 1 aliphatic carbocycles. The Hall–Kier alpha value is -3.59. The largest absolute Gasteiger partial charge is 0.490 e. The second-order valence-electron chi connectivity index (χ2n) is 11.5. The van der Waals surface area contributed by atoms with Crippen molar-refractivity contribution >= 4 is 23.5 Å². The number of amides is 1. The molecule has 0 N–H and O–H groups in total. The number of thioether (sulfide) groups is 1. The second-order valence-corrected chi connectivity index (χ2v) is 12.5. The van der Waals surface area contributed by atoms with E-state index in [2.05, 4.69) is 47.5 Å². The summed E-state index contributed by atoms with van der Waals surface area (Å²) in [6, 6.07) is 23.8. The minimum atomic E-state index is -0.903. The molecule has 1 amide bonds. The molecule has 2 fully saturated rings. The fourth-order valence-electron chi connectivity index (χ4n) is 6.86. The van der Waals surface area contributed by atoms with Gasteiger partial charge in [-0.2, -0.15) is 5.01 Å². The first-order chi connectivity index (χ1) is 20.2. The van der Waals surface area contributed by atoms with E-state index >= 15 is 0 Å². The molecule has 0 radical (unpaired) electrons. The van der Waals surface area contributed by atoms with E-state index in [-0.39, 0.29) is 36.4 Å². The van der Waals surface area contributed by atoms with Gasteiger partial charge in [0.1, 0.15) is 11.9 Å². The third-order valence-corrected chi connectivity index (χ3v) is 10.2. The Morgan fingerprint density at radius 3 is 2.66 bits per heavy atom. The summed E-state index contributed by atoms with van der Waals surface area (Å²) < 4.78 is 13.1. The standard InChI is InChI=1S/C33H31N3O4S/c37-25-15-16-35-31(32(25)39-18-21-7-2-1-3-8-21)33(38)34-17-22-13-14-26(22)40-27-11-6-9-23-19-41-28-12-5-4-10-24(28)30(29(23)27)36(35)20-34/h1-12,15-16,22,26,30-32H,13-14,17-20H2. The first kappa shape index (κ1) is 25.1. The van der Waals surface area contributed by atoms with E-state index in [0.717, 1.165) is 35.5 Å². The van der Waals surface area contributed by atoms with Crippen LogP contribution in [0.25, 0.3) is 0 Å². The van der Waals surface area contributed by atoms with Gasteiger partial charge in [-0.05, 0) is 41.7 Å². The SMILES string of the molecule is O=C1C=CN2C(C(=O)N3CC4CCC4Oc4cccc5c4C(c4ccccc4SC5)N2C3)C1OCc1ccccc1. The number of hydrazine groups is 1. The van der Waals surface area contributed by atoms with E-state index in [1.165, 1.54) is 16.0 Å². The van der Waals surface area contributed by atoms with Gasteiger partial charge in [-0.1, -0.05) is 60.7 Å². The van der Waals surface area contributed by atoms with Crippen LogP contribution in [-0.2, 0) is 26.7 Å². The molecule has 208 valence electrons. The zero-order valence-corrected chi connectivity index (χ0v) is 23.4. The third-order valence-electron chi connectivity index (χ3n) is 9.10. The zero-order valence-electron chi connectivity index (χ0n) is 22.6. The molecule has 6 atom stereocenters. The minimum absolute atomic E-state index is 0.0620. The van der Waals surface area contributed by atoms with E-state index in [4.69, 9.17) is 9.47 Å². The number of rotatable bonds is 3. The zero-order chi connectivity index (χ0) is 27.5. The lowest BCUT2D eigenvalue weighted by Gasteiger charge is -2.55. The Kier molecular flexibility index (Phi) is 6.16. The van der Waals surface area contributed by atoms with Crippen LogP contribution < -0.4 is 4.74 Å². The summed E-state index contributed by atoms with van der Waals surface area (Å²) in [4.78, 5) is 30.8. The van der Waals surface area contributed by atoms with Gasteiger partial charge in [0, 0.05) is 41.0 Å². The van der Waals surface area contributed by atoms with Gasteiger partial charge in [0.25, 0.3) is 5.91 Å². The molecule has 4 heterocycles. The number of hydrogen-bond donors (Lipinski definition) is 0. The highest BCUT2D eigenvalue weighted by molar-refractivity contribution is 7.98. The number of benzene rings is 3. The summed E-state index contributed by atoms with van der Waals surface area (Å²) >= 11 is 1.84. The van der Waals surface area contributed by atoms with E-state index in [1.807, 2.05) is 52.0 Å². The molecule has 3 aromatic rings. The number of carbonyl (C=O) groups is 2. The first-order valence-electron chi connectivity index (χ1n) is 14.4. The predicted octanol–water partition coefficient (Wildman–Crippen LogP) is 4.92. The van der Waals surface area contributed by atoms with Gasteiger partial charge in [0.05, 0.1) is 19.3 Å². The van der Waals surface area contributed by atoms with Gasteiger partial charge in [-0.15, -0.1) is 11.8 Å². The van der Waals surface area contributed by atoms with Crippen LogP contribution in [0.5, 0.6) is 5.75 Å². The molecule has 7 nitrogen and oxygen atoms in total. The summed E-state index contributed by atoms with van der Waals surface area (Å²) in [5.74, 6) is 1.78. The highest BCUT2D eigenvalue weighted by atomic mass is 32.2. The van der Waals surface area contributed by atoms with Gasteiger partial charge in [0.2, 0.25) is 0 Å². The number of ether oxygens (including phenoxy) is 2. The highest BCUT2D eigenvalue weighted by Crippen LogP contribution is 2.49. The maximum absolute atomic E-state index is 14.3. The maximum Gasteiger partial charge on any atom is 0.251 e. The highest BCUT2D eigenvalue weighted by Gasteiger charge is 2.52. The lowest BCUT2D eigenvalue weighted by Crippen LogP contribution is -2.70. The lowest BCUT2D eigenvalue weighted by molar-refractivity contribution is -0.193. The van der Waals surface area contributed by atoms with Crippen molar-refractivity contribution in [2.75, 3.05) is 13.2 Å². The van der Waals surface area contributed by atoms with Crippen molar-refractivity contribution < 1.29 is 19.1 Å². The Bertz CT molecular complexity index is 1540. The molecule has 2 bridgehead atoms. The van der Waals surface area contributed by atoms with Crippen molar-refractivity contribution in [3.63, 3.8) is 0 Å². The normalized spacial score (nSPS) is 29.7. The summed E-state index contributed by atoms with van der Waals surface area (Å²) in [7, 11) is 0. The fraction of sp³-hybridized carbons (Fsp3) is 0.333. The predicted molar refractivity (Wildman–Crippen MR) is 155 cm³/mol. The van der Waals surface area contributed by atoms with Crippen molar-refractivity contribution in [1.82, 2.24) is 14.9 Å². The lowest BCUT2D eigenvalue weighted by atomic mass is 9.80. The van der Waals surface area contributed by atoms with Crippen LogP contribution in [0.4, 0.5) is 0 Å². The van der Waals surface area contributed by atoms with Crippen molar-refractivity contribution in [3.05, 3.63) is 107 Å². The number of fused-ring (bicyclic) bond motifs is 8. The van der Waals surface area contributed by atoms with E-state index in [9.17, 15) is 9.59 Å². The van der Waals surface area contributed by atoms with Crippen LogP contribution in [0.1, 0.15) is 41.1 Å². The number of hydrogen-bond acceptors (Lipinski definition) is 7. The maximum atomic E-state index is 14.3. The van der Waals surface area contributed by atoms with Crippen molar-refractivity contribution in [1.29, 1.82) is 0 Å². The molecule has 5 aliphatic rings. The summed E-state index contributed by atoms with van der Waals surface area (Å²) in [6.07, 6.45) is 4.52. The summed E-state index contributed by atoms with van der Waals surface area (Å²) in [5, 5.41) is 4.25. The van der Waals surface area contributed by atoms with Crippen molar-refractivity contribution in [2.24, 2.45) is 5.92 Å². The molecule has 1 saturated heterocycles. The van der Waals surface area contributed by atoms with Crippen LogP contribution in [0, 0.1) is 5.92 Å². The van der Waals surface area contributed by atoms with E-state index < -0.39 is 12.1 Å². The molecule has 4 aliphatic heterocycles. The minimum Gasteiger partial charge on any atom is -0.490 e. The van der Waals surface area contributed by atoms with Crippen LogP contribution in [0.3, 0.4) is 0 Å². The average Bonchev–Trinajstić information content (AvgIpc) is 3.16. The number of carbonyl (C=O) groups excluding carboxylic acids is 2. The fourth-order valence-corrected chi connectivity index (χ4v) is 7.94. The van der Waals surface area contributed by atoms with Gasteiger partial charge < -0.3 is 14.4 Å². The number of nitrogens with zero attached hydrogens (tertiary/aromatic N) is 3. The quantitative estimate of drug-likeness (QED) is 0.447. The first-order valence-corrected chi connectivity index (χ1v) is 15.4. The molecule has 1 saturated carbocycles. The smallest absolute Gasteiger partial charge is 0.251 e. The van der Waals surface area contributed by atoms with Gasteiger partial charge >= 0.3 is 0 Å². The molecule has 0 spiro atoms. The molecular formula is C33H31N3O4S. The Labute approximate surface area is 243 Å². The van der Waals surface area contributed by atoms with Gasteiger partial charge in [-0.3, -0.25) is 14.6 Å². The second kappa shape index (κ2) is 10.0. The molecule has 8 rings (SSSR count). The summed E-state index contributed by atoms with van der Waals surface area (Å²) in [6.45, 7) is 1.29. The molecule has 8 heteroatoms. The topological polar surface area (TPSA) is 62.3 Å². The summed E-state index contributed by atoms with van der Waals surface area (Å²) in [5.41, 5.74) is 4.53. The van der Waals surface area contributed by atoms with Crippen LogP contribution in [-0.4, -0.2) is 58.1 Å². The van der Waals surface area contributed by atoms with E-state index in [1.54, 1.807) is 12.3 Å². The molecule has 0 aromatic heterocycles. The Morgan fingerprint density at radius 1 is 0.951 bits per heavy atom. The molecule has 6 unspecified atom stereocenters. The third kappa shape index (κ3) is 4.19. The molecular weight excluding hydrogens is 534 g/mol. The molecule has 3 aromatic carbocycles. The van der Waals surface area contributed by atoms with Crippen molar-refractivity contribution in [2.45, 2.75) is 54.4 Å².